The summed E-state index contributed by atoms with van der Waals surface area (Å²) in [6.45, 7) is 0. The van der Waals surface area contributed by atoms with Crippen LogP contribution in [0, 0.1) is 0 Å². The van der Waals surface area contributed by atoms with Gasteiger partial charge in [-0.15, -0.1) is 0 Å². The highest BCUT2D eigenvalue weighted by molar-refractivity contribution is 6.35. The van der Waals surface area contributed by atoms with E-state index in [1.807, 2.05) is 30.3 Å². The van der Waals surface area contributed by atoms with Gasteiger partial charge in [0, 0.05) is 28.1 Å². The summed E-state index contributed by atoms with van der Waals surface area (Å²) < 4.78 is 6.42. The van der Waals surface area contributed by atoms with E-state index in [2.05, 4.69) is 53.5 Å². The first-order valence-corrected chi connectivity index (χ1v) is 11.0. The summed E-state index contributed by atoms with van der Waals surface area (Å²) in [6, 6.07) is 28.6. The molecule has 2 heterocycles. The molecule has 0 fully saturated rings. The minimum Gasteiger partial charge on any atom is -0.464 e. The first kappa shape index (κ1) is 18.7. The van der Waals surface area contributed by atoms with Gasteiger partial charge in [-0.1, -0.05) is 89.9 Å². The second-order valence-electron chi connectivity index (χ2n) is 7.85. The van der Waals surface area contributed by atoms with Crippen LogP contribution >= 0.6 is 23.2 Å². The van der Waals surface area contributed by atoms with Crippen LogP contribution in [0.2, 0.25) is 10.0 Å². The van der Waals surface area contributed by atoms with Crippen LogP contribution in [0.1, 0.15) is 35.4 Å². The molecule has 0 aliphatic carbocycles. The SMILES string of the molecule is Clc1ccc([C@@H]2Oc3ccccc3[C@@H]3CC(c4cccc5ccccc45)=NN32)c(Cl)c1. The van der Waals surface area contributed by atoms with Gasteiger partial charge < -0.3 is 4.74 Å². The molecule has 152 valence electrons. The fraction of sp³-hybridized carbons (Fsp3) is 0.115. The molecule has 6 rings (SSSR count). The average molecular weight is 445 g/mol. The maximum Gasteiger partial charge on any atom is 0.215 e. The van der Waals surface area contributed by atoms with Gasteiger partial charge in [0.15, 0.2) is 0 Å². The predicted molar refractivity (Wildman–Crippen MR) is 126 cm³/mol. The van der Waals surface area contributed by atoms with E-state index in [0.717, 1.165) is 34.6 Å². The molecule has 4 aromatic rings. The molecule has 0 N–H and O–H groups in total. The minimum absolute atomic E-state index is 0.0793. The number of hydrazone groups is 1. The number of hydrogen-bond acceptors (Lipinski definition) is 3. The first-order chi connectivity index (χ1) is 15.2. The molecule has 0 saturated heterocycles. The van der Waals surface area contributed by atoms with E-state index in [1.165, 1.54) is 10.8 Å². The monoisotopic (exact) mass is 444 g/mol. The van der Waals surface area contributed by atoms with E-state index >= 15 is 0 Å². The van der Waals surface area contributed by atoms with E-state index < -0.39 is 6.23 Å². The Labute approximate surface area is 190 Å². The minimum atomic E-state index is -0.419. The second kappa shape index (κ2) is 7.30. The third-order valence-corrected chi connectivity index (χ3v) is 6.59. The lowest BCUT2D eigenvalue weighted by atomic mass is 9.93. The first-order valence-electron chi connectivity index (χ1n) is 10.2. The van der Waals surface area contributed by atoms with E-state index in [-0.39, 0.29) is 6.04 Å². The Morgan fingerprint density at radius 3 is 2.55 bits per heavy atom. The maximum atomic E-state index is 6.57. The molecular weight excluding hydrogens is 427 g/mol. The Kier molecular flexibility index (Phi) is 4.41. The van der Waals surface area contributed by atoms with Crippen molar-refractivity contribution in [3.8, 4) is 5.75 Å². The standard InChI is InChI=1S/C26H18Cl2N2O/c27-17-12-13-20(22(28)14-17)26-30-24(21-9-3-4-11-25(21)31-26)15-23(29-30)19-10-5-7-16-6-1-2-8-18(16)19/h1-14,24,26H,15H2/t24-,26-/m0/s1. The lowest BCUT2D eigenvalue weighted by Crippen LogP contribution is -2.33. The molecule has 2 aliphatic heterocycles. The zero-order valence-corrected chi connectivity index (χ0v) is 18.0. The van der Waals surface area contributed by atoms with Gasteiger partial charge in [0.1, 0.15) is 5.75 Å². The summed E-state index contributed by atoms with van der Waals surface area (Å²) in [4.78, 5) is 0. The zero-order chi connectivity index (χ0) is 20.9. The van der Waals surface area contributed by atoms with Gasteiger partial charge in [0.25, 0.3) is 0 Å². The van der Waals surface area contributed by atoms with Gasteiger partial charge in [-0.25, -0.2) is 5.01 Å². The van der Waals surface area contributed by atoms with Crippen molar-refractivity contribution < 1.29 is 4.74 Å². The normalized spacial score (nSPS) is 19.5. The van der Waals surface area contributed by atoms with Crippen molar-refractivity contribution in [3.63, 3.8) is 0 Å². The number of halogens is 2. The molecule has 5 heteroatoms. The van der Waals surface area contributed by atoms with Gasteiger partial charge in [0.05, 0.1) is 16.8 Å². The number of ether oxygens (including phenoxy) is 1. The van der Waals surface area contributed by atoms with Crippen LogP contribution in [-0.4, -0.2) is 10.7 Å². The summed E-state index contributed by atoms with van der Waals surface area (Å²) in [5, 5.41) is 10.7. The summed E-state index contributed by atoms with van der Waals surface area (Å²) in [6.07, 6.45) is 0.382. The highest BCUT2D eigenvalue weighted by atomic mass is 35.5. The smallest absolute Gasteiger partial charge is 0.215 e. The molecule has 0 amide bonds. The fourth-order valence-electron chi connectivity index (χ4n) is 4.58. The highest BCUT2D eigenvalue weighted by Crippen LogP contribution is 2.48. The largest absolute Gasteiger partial charge is 0.464 e. The van der Waals surface area contributed by atoms with Crippen molar-refractivity contribution in [2.75, 3.05) is 0 Å². The summed E-state index contributed by atoms with van der Waals surface area (Å²) in [7, 11) is 0. The summed E-state index contributed by atoms with van der Waals surface area (Å²) in [5.74, 6) is 0.870. The molecule has 0 saturated carbocycles. The van der Waals surface area contributed by atoms with Crippen LogP contribution in [0.4, 0.5) is 0 Å². The van der Waals surface area contributed by atoms with Crippen LogP contribution in [0.15, 0.2) is 90.0 Å². The van der Waals surface area contributed by atoms with E-state index in [1.54, 1.807) is 6.07 Å². The van der Waals surface area contributed by atoms with E-state index in [0.29, 0.717) is 10.0 Å². The van der Waals surface area contributed by atoms with Crippen LogP contribution in [0.3, 0.4) is 0 Å². The second-order valence-corrected chi connectivity index (χ2v) is 8.69. The summed E-state index contributed by atoms with van der Waals surface area (Å²) >= 11 is 12.7. The molecule has 0 spiro atoms. The van der Waals surface area contributed by atoms with Gasteiger partial charge >= 0.3 is 0 Å². The molecule has 0 aromatic heterocycles. The Bertz CT molecular complexity index is 1350. The van der Waals surface area contributed by atoms with E-state index in [9.17, 15) is 0 Å². The Morgan fingerprint density at radius 2 is 1.65 bits per heavy atom. The van der Waals surface area contributed by atoms with Gasteiger partial charge in [-0.05, 0) is 29.0 Å². The van der Waals surface area contributed by atoms with Crippen molar-refractivity contribution in [3.05, 3.63) is 112 Å². The molecule has 2 atom stereocenters. The number of benzene rings is 4. The lowest BCUT2D eigenvalue weighted by molar-refractivity contribution is -0.0189. The van der Waals surface area contributed by atoms with Crippen LogP contribution in [0.25, 0.3) is 10.8 Å². The van der Waals surface area contributed by atoms with Gasteiger partial charge in [-0.2, -0.15) is 5.10 Å². The van der Waals surface area contributed by atoms with Crippen LogP contribution in [0.5, 0.6) is 5.75 Å². The van der Waals surface area contributed by atoms with Crippen molar-refractivity contribution in [1.29, 1.82) is 0 Å². The van der Waals surface area contributed by atoms with Crippen molar-refractivity contribution >= 4 is 39.7 Å². The molecule has 2 aliphatic rings. The molecule has 0 bridgehead atoms. The third kappa shape index (κ3) is 3.08. The van der Waals surface area contributed by atoms with Crippen molar-refractivity contribution in [1.82, 2.24) is 5.01 Å². The molecular formula is C26H18Cl2N2O. The molecule has 3 nitrogen and oxygen atoms in total. The topological polar surface area (TPSA) is 24.8 Å². The van der Waals surface area contributed by atoms with E-state index in [4.69, 9.17) is 33.0 Å². The number of para-hydroxylation sites is 1. The number of fused-ring (bicyclic) bond motifs is 4. The molecule has 4 aromatic carbocycles. The Morgan fingerprint density at radius 1 is 0.839 bits per heavy atom. The fourth-order valence-corrected chi connectivity index (χ4v) is 5.08. The molecule has 0 radical (unpaired) electrons. The van der Waals surface area contributed by atoms with Crippen LogP contribution < -0.4 is 4.74 Å². The Hall–Kier alpha value is -3.01. The number of hydrogen-bond donors (Lipinski definition) is 0. The Balaban J connectivity index is 1.50. The van der Waals surface area contributed by atoms with Gasteiger partial charge in [-0.3, -0.25) is 0 Å². The quantitative estimate of drug-likeness (QED) is 0.321. The zero-order valence-electron chi connectivity index (χ0n) is 16.5. The number of rotatable bonds is 2. The van der Waals surface area contributed by atoms with Crippen molar-refractivity contribution in [2.24, 2.45) is 5.10 Å². The van der Waals surface area contributed by atoms with Gasteiger partial charge in [0.2, 0.25) is 6.23 Å². The summed E-state index contributed by atoms with van der Waals surface area (Å²) in [5.41, 5.74) is 4.21. The van der Waals surface area contributed by atoms with Crippen molar-refractivity contribution in [2.45, 2.75) is 18.7 Å². The third-order valence-electron chi connectivity index (χ3n) is 6.03. The predicted octanol–water partition coefficient (Wildman–Crippen LogP) is 7.39. The maximum absolute atomic E-state index is 6.57. The van der Waals surface area contributed by atoms with Crippen LogP contribution in [-0.2, 0) is 0 Å². The number of nitrogens with zero attached hydrogens (tertiary/aromatic N) is 2. The molecule has 31 heavy (non-hydrogen) atoms. The molecule has 0 unspecified atom stereocenters. The highest BCUT2D eigenvalue weighted by Gasteiger charge is 2.41. The lowest BCUT2D eigenvalue weighted by Gasteiger charge is -2.38. The average Bonchev–Trinajstić information content (AvgIpc) is 3.24.